The van der Waals surface area contributed by atoms with Crippen molar-refractivity contribution in [2.24, 2.45) is 0 Å². The predicted molar refractivity (Wildman–Crippen MR) is 98.9 cm³/mol. The monoisotopic (exact) mass is 356 g/mol. The maximum atomic E-state index is 12.0. The van der Waals surface area contributed by atoms with Crippen molar-refractivity contribution < 1.29 is 19.1 Å². The van der Waals surface area contributed by atoms with Gasteiger partial charge in [-0.2, -0.15) is 0 Å². The fourth-order valence-electron chi connectivity index (χ4n) is 2.22. The van der Waals surface area contributed by atoms with Gasteiger partial charge in [0.25, 0.3) is 11.8 Å². The minimum atomic E-state index is -0.750. The van der Waals surface area contributed by atoms with E-state index >= 15 is 0 Å². The van der Waals surface area contributed by atoms with Crippen LogP contribution < -0.4 is 20.3 Å². The molecule has 138 valence electrons. The largest absolute Gasteiger partial charge is 0.483 e. The highest BCUT2D eigenvalue weighted by Gasteiger charge is 2.15. The molecule has 2 N–H and O–H groups in total. The fourth-order valence-corrected chi connectivity index (χ4v) is 2.22. The zero-order valence-electron chi connectivity index (χ0n) is 15.2. The summed E-state index contributed by atoms with van der Waals surface area (Å²) in [5.41, 5.74) is 6.78. The molecule has 0 aromatic heterocycles. The van der Waals surface area contributed by atoms with Gasteiger partial charge in [-0.05, 0) is 44.0 Å². The van der Waals surface area contributed by atoms with Crippen LogP contribution in [-0.4, -0.2) is 24.5 Å². The molecule has 2 amide bonds. The Morgan fingerprint density at radius 2 is 1.73 bits per heavy atom. The Morgan fingerprint density at radius 1 is 1.04 bits per heavy atom. The molecule has 2 aromatic rings. The molecule has 1 atom stereocenters. The fraction of sp³-hybridized carbons (Fsp3) is 0.300. The smallest absolute Gasteiger partial charge is 0.279 e. The second kappa shape index (κ2) is 9.46. The van der Waals surface area contributed by atoms with E-state index in [0.717, 1.165) is 17.5 Å². The SMILES string of the molecule is CCc1ccccc1OCC(=O)NNC(=O)C(C)Oc1ccc(C)cc1. The zero-order valence-corrected chi connectivity index (χ0v) is 15.2. The Balaban J connectivity index is 1.75. The van der Waals surface area contributed by atoms with Gasteiger partial charge in [0.2, 0.25) is 0 Å². The van der Waals surface area contributed by atoms with Crippen LogP contribution in [0.15, 0.2) is 48.5 Å². The molecule has 2 aromatic carbocycles. The summed E-state index contributed by atoms with van der Waals surface area (Å²) in [6.07, 6.45) is 0.0577. The summed E-state index contributed by atoms with van der Waals surface area (Å²) in [5, 5.41) is 0. The Bertz CT molecular complexity index is 744. The summed E-state index contributed by atoms with van der Waals surface area (Å²) in [5.74, 6) is 0.344. The van der Waals surface area contributed by atoms with Gasteiger partial charge in [0.05, 0.1) is 0 Å². The van der Waals surface area contributed by atoms with Crippen molar-refractivity contribution in [2.45, 2.75) is 33.3 Å². The van der Waals surface area contributed by atoms with Crippen LogP contribution in [0, 0.1) is 6.92 Å². The number of amides is 2. The molecule has 6 heteroatoms. The number of hydrogen-bond donors (Lipinski definition) is 2. The Hall–Kier alpha value is -3.02. The lowest BCUT2D eigenvalue weighted by molar-refractivity contribution is -0.133. The number of para-hydroxylation sites is 1. The Morgan fingerprint density at radius 3 is 2.42 bits per heavy atom. The molecule has 0 saturated heterocycles. The first kappa shape index (κ1) is 19.3. The number of carbonyl (C=O) groups is 2. The number of nitrogens with one attached hydrogen (secondary N) is 2. The summed E-state index contributed by atoms with van der Waals surface area (Å²) < 4.78 is 11.0. The third-order valence-electron chi connectivity index (χ3n) is 3.74. The molecule has 26 heavy (non-hydrogen) atoms. The van der Waals surface area contributed by atoms with Crippen LogP contribution >= 0.6 is 0 Å². The van der Waals surface area contributed by atoms with E-state index in [-0.39, 0.29) is 6.61 Å². The molecule has 1 unspecified atom stereocenters. The molecule has 0 fully saturated rings. The van der Waals surface area contributed by atoms with Crippen molar-refractivity contribution in [1.29, 1.82) is 0 Å². The van der Waals surface area contributed by atoms with E-state index in [2.05, 4.69) is 10.9 Å². The first-order chi connectivity index (χ1) is 12.5. The van der Waals surface area contributed by atoms with Gasteiger partial charge in [-0.25, -0.2) is 0 Å². The molecule has 0 aliphatic heterocycles. The van der Waals surface area contributed by atoms with Crippen molar-refractivity contribution in [2.75, 3.05) is 6.61 Å². The van der Waals surface area contributed by atoms with Crippen LogP contribution in [0.1, 0.15) is 25.0 Å². The highest BCUT2D eigenvalue weighted by atomic mass is 16.5. The number of carbonyl (C=O) groups excluding carboxylic acids is 2. The minimum absolute atomic E-state index is 0.190. The van der Waals surface area contributed by atoms with E-state index in [4.69, 9.17) is 9.47 Å². The Labute approximate surface area is 153 Å². The molecule has 0 heterocycles. The quantitative estimate of drug-likeness (QED) is 0.748. The van der Waals surface area contributed by atoms with Gasteiger partial charge < -0.3 is 9.47 Å². The van der Waals surface area contributed by atoms with E-state index in [1.54, 1.807) is 19.1 Å². The van der Waals surface area contributed by atoms with Gasteiger partial charge >= 0.3 is 0 Å². The summed E-state index contributed by atoms with van der Waals surface area (Å²) in [6.45, 7) is 5.40. The molecule has 0 aliphatic carbocycles. The average Bonchev–Trinajstić information content (AvgIpc) is 2.66. The van der Waals surface area contributed by atoms with Gasteiger partial charge in [-0.1, -0.05) is 42.8 Å². The molecular formula is C20H24N2O4. The van der Waals surface area contributed by atoms with Crippen molar-refractivity contribution in [3.63, 3.8) is 0 Å². The number of hydrogen-bond acceptors (Lipinski definition) is 4. The molecule has 2 rings (SSSR count). The van der Waals surface area contributed by atoms with Crippen LogP contribution in [0.5, 0.6) is 11.5 Å². The number of hydrazine groups is 1. The van der Waals surface area contributed by atoms with E-state index in [1.165, 1.54) is 0 Å². The van der Waals surface area contributed by atoms with Gasteiger partial charge in [-0.3, -0.25) is 20.4 Å². The second-order valence-corrected chi connectivity index (χ2v) is 5.86. The van der Waals surface area contributed by atoms with E-state index in [0.29, 0.717) is 11.5 Å². The zero-order chi connectivity index (χ0) is 18.9. The molecule has 0 spiro atoms. The third-order valence-corrected chi connectivity index (χ3v) is 3.74. The topological polar surface area (TPSA) is 76.7 Å². The molecule has 0 aliphatic rings. The molecule has 0 radical (unpaired) electrons. The van der Waals surface area contributed by atoms with Gasteiger partial charge in [0.15, 0.2) is 12.7 Å². The van der Waals surface area contributed by atoms with E-state index < -0.39 is 17.9 Å². The summed E-state index contributed by atoms with van der Waals surface area (Å²) in [4.78, 5) is 23.8. The summed E-state index contributed by atoms with van der Waals surface area (Å²) >= 11 is 0. The summed E-state index contributed by atoms with van der Waals surface area (Å²) in [6, 6.07) is 14.9. The van der Waals surface area contributed by atoms with Crippen molar-refractivity contribution >= 4 is 11.8 Å². The number of benzene rings is 2. The van der Waals surface area contributed by atoms with E-state index in [1.807, 2.05) is 50.2 Å². The van der Waals surface area contributed by atoms with Gasteiger partial charge in [-0.15, -0.1) is 0 Å². The first-order valence-electron chi connectivity index (χ1n) is 8.52. The number of ether oxygens (including phenoxy) is 2. The predicted octanol–water partition coefficient (Wildman–Crippen LogP) is 2.55. The number of aryl methyl sites for hydroxylation is 2. The minimum Gasteiger partial charge on any atom is -0.483 e. The molecule has 0 bridgehead atoms. The van der Waals surface area contributed by atoms with Crippen LogP contribution in [0.2, 0.25) is 0 Å². The van der Waals surface area contributed by atoms with Crippen LogP contribution in [0.25, 0.3) is 0 Å². The van der Waals surface area contributed by atoms with Crippen LogP contribution in [0.3, 0.4) is 0 Å². The standard InChI is InChI=1S/C20H24N2O4/c1-4-16-7-5-6-8-18(16)25-13-19(23)21-22-20(24)15(3)26-17-11-9-14(2)10-12-17/h5-12,15H,4,13H2,1-3H3,(H,21,23)(H,22,24). The van der Waals surface area contributed by atoms with Crippen LogP contribution in [0.4, 0.5) is 0 Å². The lowest BCUT2D eigenvalue weighted by atomic mass is 10.1. The highest BCUT2D eigenvalue weighted by molar-refractivity contribution is 5.85. The molecule has 0 saturated carbocycles. The lowest BCUT2D eigenvalue weighted by Crippen LogP contribution is -2.48. The van der Waals surface area contributed by atoms with Crippen molar-refractivity contribution in [3.8, 4) is 11.5 Å². The van der Waals surface area contributed by atoms with Crippen LogP contribution in [-0.2, 0) is 16.0 Å². The van der Waals surface area contributed by atoms with Gasteiger partial charge in [0, 0.05) is 0 Å². The normalized spacial score (nSPS) is 11.3. The second-order valence-electron chi connectivity index (χ2n) is 5.86. The third kappa shape index (κ3) is 5.81. The summed E-state index contributed by atoms with van der Waals surface area (Å²) in [7, 11) is 0. The first-order valence-corrected chi connectivity index (χ1v) is 8.52. The Kier molecular flexibility index (Phi) is 7.02. The van der Waals surface area contributed by atoms with Crippen molar-refractivity contribution in [3.05, 3.63) is 59.7 Å². The average molecular weight is 356 g/mol. The molecular weight excluding hydrogens is 332 g/mol. The number of rotatable bonds is 7. The molecule has 6 nitrogen and oxygen atoms in total. The maximum absolute atomic E-state index is 12.0. The maximum Gasteiger partial charge on any atom is 0.279 e. The van der Waals surface area contributed by atoms with Crippen molar-refractivity contribution in [1.82, 2.24) is 10.9 Å². The lowest BCUT2D eigenvalue weighted by Gasteiger charge is -2.15. The highest BCUT2D eigenvalue weighted by Crippen LogP contribution is 2.18. The van der Waals surface area contributed by atoms with E-state index in [9.17, 15) is 9.59 Å². The van der Waals surface area contributed by atoms with Gasteiger partial charge in [0.1, 0.15) is 11.5 Å².